The highest BCUT2D eigenvalue weighted by Gasteiger charge is 2.25. The zero-order chi connectivity index (χ0) is 18.6. The molecule has 8 heteroatoms. The molecule has 3 aromatic rings. The van der Waals surface area contributed by atoms with Crippen LogP contribution in [0.3, 0.4) is 0 Å². The first-order chi connectivity index (χ1) is 13.2. The molecule has 2 N–H and O–H groups in total. The number of hydrogen-bond donors (Lipinski definition) is 2. The van der Waals surface area contributed by atoms with Gasteiger partial charge >= 0.3 is 6.03 Å². The summed E-state index contributed by atoms with van der Waals surface area (Å²) in [6.45, 7) is 3.43. The highest BCUT2D eigenvalue weighted by molar-refractivity contribution is 5.89. The number of carbonyl (C=O) groups excluding carboxylic acids is 1. The fourth-order valence-electron chi connectivity index (χ4n) is 3.32. The molecular formula is C19H22N6O2. The lowest BCUT2D eigenvalue weighted by atomic mass is 9.95. The summed E-state index contributed by atoms with van der Waals surface area (Å²) in [5.41, 5.74) is 2.66. The van der Waals surface area contributed by atoms with Crippen LogP contribution >= 0.6 is 0 Å². The quantitative estimate of drug-likeness (QED) is 0.737. The number of piperidine rings is 1. The molecule has 0 saturated carbocycles. The van der Waals surface area contributed by atoms with Gasteiger partial charge in [-0.15, -0.1) is 0 Å². The number of likely N-dealkylation sites (tertiary alicyclic amines) is 1. The number of urea groups is 1. The molecule has 140 valence electrons. The van der Waals surface area contributed by atoms with Crippen LogP contribution in [0.4, 0.5) is 10.5 Å². The van der Waals surface area contributed by atoms with Crippen LogP contribution in [0.2, 0.25) is 0 Å². The molecule has 4 rings (SSSR count). The van der Waals surface area contributed by atoms with Gasteiger partial charge in [-0.3, -0.25) is 5.10 Å². The van der Waals surface area contributed by atoms with Gasteiger partial charge in [-0.2, -0.15) is 10.1 Å². The SMILES string of the molecule is CCc1noc(-c2ccc(NC(=O)N3CCC[C@H](c4ccn[nH]4)C3)cc2)n1. The minimum absolute atomic E-state index is 0.0852. The van der Waals surface area contributed by atoms with E-state index < -0.39 is 0 Å². The Morgan fingerprint density at radius 1 is 1.33 bits per heavy atom. The molecule has 3 heterocycles. The number of rotatable bonds is 4. The number of nitrogens with one attached hydrogen (secondary N) is 2. The first-order valence-corrected chi connectivity index (χ1v) is 9.21. The zero-order valence-electron chi connectivity index (χ0n) is 15.2. The van der Waals surface area contributed by atoms with Crippen LogP contribution in [0.15, 0.2) is 41.1 Å². The van der Waals surface area contributed by atoms with E-state index in [-0.39, 0.29) is 6.03 Å². The number of H-pyrrole nitrogens is 1. The largest absolute Gasteiger partial charge is 0.334 e. The molecule has 1 saturated heterocycles. The summed E-state index contributed by atoms with van der Waals surface area (Å²) in [6, 6.07) is 9.32. The number of aromatic amines is 1. The molecule has 1 atom stereocenters. The average molecular weight is 366 g/mol. The van der Waals surface area contributed by atoms with E-state index in [9.17, 15) is 4.79 Å². The standard InChI is InChI=1S/C19H22N6O2/c1-2-17-22-18(27-24-17)13-5-7-15(8-6-13)21-19(26)25-11-3-4-14(12-25)16-9-10-20-23-16/h5-10,14H,2-4,11-12H2,1H3,(H,20,23)(H,21,26)/t14-/m0/s1. The lowest BCUT2D eigenvalue weighted by Crippen LogP contribution is -2.41. The predicted octanol–water partition coefficient (Wildman–Crippen LogP) is 3.43. The van der Waals surface area contributed by atoms with Gasteiger partial charge < -0.3 is 14.7 Å². The average Bonchev–Trinajstić information content (AvgIpc) is 3.41. The van der Waals surface area contributed by atoms with E-state index in [2.05, 4.69) is 25.7 Å². The number of benzene rings is 1. The third-order valence-corrected chi connectivity index (χ3v) is 4.84. The maximum Gasteiger partial charge on any atom is 0.321 e. The number of hydrogen-bond acceptors (Lipinski definition) is 5. The third-order valence-electron chi connectivity index (χ3n) is 4.84. The lowest BCUT2D eigenvalue weighted by Gasteiger charge is -2.32. The van der Waals surface area contributed by atoms with Crippen LogP contribution in [0, 0.1) is 0 Å². The van der Waals surface area contributed by atoms with Gasteiger partial charge in [-0.05, 0) is 43.2 Å². The van der Waals surface area contributed by atoms with Crippen molar-refractivity contribution in [3.05, 3.63) is 48.0 Å². The maximum atomic E-state index is 12.6. The Kier molecular flexibility index (Phi) is 4.86. The van der Waals surface area contributed by atoms with E-state index in [1.54, 1.807) is 6.20 Å². The van der Waals surface area contributed by atoms with Crippen LogP contribution < -0.4 is 5.32 Å². The smallest absolute Gasteiger partial charge is 0.321 e. The van der Waals surface area contributed by atoms with Gasteiger partial charge in [0.1, 0.15) is 0 Å². The van der Waals surface area contributed by atoms with Crippen molar-refractivity contribution in [1.82, 2.24) is 25.2 Å². The fraction of sp³-hybridized carbons (Fsp3) is 0.368. The molecule has 0 unspecified atom stereocenters. The minimum atomic E-state index is -0.0852. The van der Waals surface area contributed by atoms with Crippen LogP contribution in [0.5, 0.6) is 0 Å². The number of anilines is 1. The van der Waals surface area contributed by atoms with E-state index in [4.69, 9.17) is 4.52 Å². The van der Waals surface area contributed by atoms with Gasteiger partial charge in [0.05, 0.1) is 0 Å². The van der Waals surface area contributed by atoms with Crippen LogP contribution in [-0.2, 0) is 6.42 Å². The normalized spacial score (nSPS) is 17.1. The molecule has 1 aliphatic rings. The Labute approximate surface area is 157 Å². The van der Waals surface area contributed by atoms with Gasteiger partial charge in [0, 0.05) is 48.6 Å². The number of nitrogens with zero attached hydrogens (tertiary/aromatic N) is 4. The fourth-order valence-corrected chi connectivity index (χ4v) is 3.32. The Balaban J connectivity index is 1.39. The van der Waals surface area contributed by atoms with Gasteiger partial charge in [-0.25, -0.2) is 4.79 Å². The molecule has 2 aromatic heterocycles. The Hall–Kier alpha value is -3.16. The molecule has 2 amide bonds. The molecule has 0 spiro atoms. The zero-order valence-corrected chi connectivity index (χ0v) is 15.2. The number of amides is 2. The Morgan fingerprint density at radius 3 is 2.89 bits per heavy atom. The van der Waals surface area contributed by atoms with E-state index in [1.165, 1.54) is 0 Å². The van der Waals surface area contributed by atoms with Crippen molar-refractivity contribution in [3.8, 4) is 11.5 Å². The molecule has 0 radical (unpaired) electrons. The van der Waals surface area contributed by atoms with E-state index in [0.717, 1.165) is 42.8 Å². The first-order valence-electron chi connectivity index (χ1n) is 9.21. The van der Waals surface area contributed by atoms with Crippen molar-refractivity contribution in [2.75, 3.05) is 18.4 Å². The van der Waals surface area contributed by atoms with Gasteiger partial charge in [0.15, 0.2) is 5.82 Å². The second-order valence-corrected chi connectivity index (χ2v) is 6.67. The van der Waals surface area contributed by atoms with Gasteiger partial charge in [0.25, 0.3) is 5.89 Å². The Morgan fingerprint density at radius 2 is 2.19 bits per heavy atom. The predicted molar refractivity (Wildman–Crippen MR) is 100 cm³/mol. The van der Waals surface area contributed by atoms with Crippen molar-refractivity contribution < 1.29 is 9.32 Å². The summed E-state index contributed by atoms with van der Waals surface area (Å²) in [4.78, 5) is 18.8. The van der Waals surface area contributed by atoms with E-state index in [1.807, 2.05) is 42.2 Å². The van der Waals surface area contributed by atoms with Crippen molar-refractivity contribution in [2.45, 2.75) is 32.1 Å². The van der Waals surface area contributed by atoms with Crippen molar-refractivity contribution in [3.63, 3.8) is 0 Å². The molecule has 1 fully saturated rings. The summed E-state index contributed by atoms with van der Waals surface area (Å²) in [7, 11) is 0. The second-order valence-electron chi connectivity index (χ2n) is 6.67. The summed E-state index contributed by atoms with van der Waals surface area (Å²) < 4.78 is 5.24. The summed E-state index contributed by atoms with van der Waals surface area (Å²) >= 11 is 0. The molecule has 8 nitrogen and oxygen atoms in total. The van der Waals surface area contributed by atoms with Crippen molar-refractivity contribution >= 4 is 11.7 Å². The number of aromatic nitrogens is 4. The first kappa shape index (κ1) is 17.3. The lowest BCUT2D eigenvalue weighted by molar-refractivity contribution is 0.192. The molecular weight excluding hydrogens is 344 g/mol. The third kappa shape index (κ3) is 3.84. The Bertz CT molecular complexity index is 887. The van der Waals surface area contributed by atoms with Gasteiger partial charge in [0.2, 0.25) is 0 Å². The summed E-state index contributed by atoms with van der Waals surface area (Å²) in [6.07, 6.45) is 4.52. The van der Waals surface area contributed by atoms with Crippen molar-refractivity contribution in [2.24, 2.45) is 0 Å². The summed E-state index contributed by atoms with van der Waals surface area (Å²) in [5.74, 6) is 1.47. The molecule has 0 aliphatic carbocycles. The van der Waals surface area contributed by atoms with Crippen molar-refractivity contribution in [1.29, 1.82) is 0 Å². The second kappa shape index (κ2) is 7.61. The monoisotopic (exact) mass is 366 g/mol. The molecule has 1 aliphatic heterocycles. The summed E-state index contributed by atoms with van der Waals surface area (Å²) in [5, 5.41) is 13.9. The molecule has 0 bridgehead atoms. The van der Waals surface area contributed by atoms with Crippen LogP contribution in [-0.4, -0.2) is 44.4 Å². The van der Waals surface area contributed by atoms with E-state index in [0.29, 0.717) is 24.2 Å². The molecule has 1 aromatic carbocycles. The van der Waals surface area contributed by atoms with E-state index >= 15 is 0 Å². The highest BCUT2D eigenvalue weighted by Crippen LogP contribution is 2.26. The highest BCUT2D eigenvalue weighted by atomic mass is 16.5. The topological polar surface area (TPSA) is 99.9 Å². The van der Waals surface area contributed by atoms with Crippen LogP contribution in [0.1, 0.15) is 37.2 Å². The minimum Gasteiger partial charge on any atom is -0.334 e. The van der Waals surface area contributed by atoms with Gasteiger partial charge in [-0.1, -0.05) is 12.1 Å². The maximum absolute atomic E-state index is 12.6. The van der Waals surface area contributed by atoms with Crippen LogP contribution in [0.25, 0.3) is 11.5 Å². The molecule has 27 heavy (non-hydrogen) atoms. The number of aryl methyl sites for hydroxylation is 1. The number of carbonyl (C=O) groups is 1.